The van der Waals surface area contributed by atoms with Gasteiger partial charge in [0, 0.05) is 6.42 Å². The summed E-state index contributed by atoms with van der Waals surface area (Å²) < 4.78 is 4.60. The van der Waals surface area contributed by atoms with Crippen molar-refractivity contribution < 1.29 is 33.7 Å². The normalized spacial score (nSPS) is 13.3. The van der Waals surface area contributed by atoms with Crippen LogP contribution in [0, 0.1) is 0 Å². The van der Waals surface area contributed by atoms with E-state index in [0.717, 1.165) is 0 Å². The fraction of sp³-hybridized carbons (Fsp3) is 0.556. The van der Waals surface area contributed by atoms with E-state index in [1.54, 1.807) is 0 Å². The standard InChI is InChI=1S/C9H10Cl2O7/c1-4(16-8(14)6(10)12)3-5(2)17-18-9(15)7(11)13/h4-5H,3H2,1-2H3. The molecule has 0 fully saturated rings. The Kier molecular flexibility index (Phi) is 7.49. The van der Waals surface area contributed by atoms with Crippen LogP contribution < -0.4 is 0 Å². The van der Waals surface area contributed by atoms with Crippen molar-refractivity contribution in [2.45, 2.75) is 32.5 Å². The van der Waals surface area contributed by atoms with Crippen LogP contribution in [-0.4, -0.2) is 34.6 Å². The van der Waals surface area contributed by atoms with E-state index in [9.17, 15) is 19.2 Å². The van der Waals surface area contributed by atoms with Gasteiger partial charge in [0.25, 0.3) is 0 Å². The second kappa shape index (κ2) is 8.02. The highest BCUT2D eigenvalue weighted by molar-refractivity contribution is 6.80. The minimum absolute atomic E-state index is 0.111. The summed E-state index contributed by atoms with van der Waals surface area (Å²) >= 11 is 9.69. The van der Waals surface area contributed by atoms with Gasteiger partial charge in [0.1, 0.15) is 12.2 Å². The molecule has 0 spiro atoms. The number of rotatable bonds is 7. The number of halogens is 2. The lowest BCUT2D eigenvalue weighted by molar-refractivity contribution is -0.294. The predicted octanol–water partition coefficient (Wildman–Crippen LogP) is 0.702. The maximum Gasteiger partial charge on any atom is 0.424 e. The second-order valence-corrected chi connectivity index (χ2v) is 3.96. The summed E-state index contributed by atoms with van der Waals surface area (Å²) in [5.41, 5.74) is 0. The third kappa shape index (κ3) is 7.21. The van der Waals surface area contributed by atoms with Crippen LogP contribution in [0.25, 0.3) is 0 Å². The average Bonchev–Trinajstić information content (AvgIpc) is 2.24. The maximum atomic E-state index is 10.8. The molecule has 18 heavy (non-hydrogen) atoms. The monoisotopic (exact) mass is 300 g/mol. The Balaban J connectivity index is 3.97. The first-order chi connectivity index (χ1) is 8.23. The smallest absolute Gasteiger partial charge is 0.424 e. The van der Waals surface area contributed by atoms with Crippen molar-refractivity contribution in [2.24, 2.45) is 0 Å². The van der Waals surface area contributed by atoms with Crippen LogP contribution in [0.2, 0.25) is 0 Å². The molecule has 0 aromatic carbocycles. The lowest BCUT2D eigenvalue weighted by Crippen LogP contribution is -2.25. The fourth-order valence-corrected chi connectivity index (χ4v) is 1.02. The van der Waals surface area contributed by atoms with Crippen LogP contribution in [0.15, 0.2) is 0 Å². The highest BCUT2D eigenvalue weighted by Crippen LogP contribution is 2.07. The van der Waals surface area contributed by atoms with Crippen molar-refractivity contribution in [1.29, 1.82) is 0 Å². The van der Waals surface area contributed by atoms with E-state index < -0.39 is 34.6 Å². The van der Waals surface area contributed by atoms with Gasteiger partial charge in [-0.05, 0) is 37.0 Å². The van der Waals surface area contributed by atoms with E-state index in [4.69, 9.17) is 23.2 Å². The van der Waals surface area contributed by atoms with Crippen molar-refractivity contribution in [1.82, 2.24) is 0 Å². The quantitative estimate of drug-likeness (QED) is 0.224. The summed E-state index contributed by atoms with van der Waals surface area (Å²) in [7, 11) is 0. The number of esters is 1. The molecule has 7 nitrogen and oxygen atoms in total. The van der Waals surface area contributed by atoms with E-state index in [2.05, 4.69) is 14.5 Å². The highest BCUT2D eigenvalue weighted by atomic mass is 35.5. The highest BCUT2D eigenvalue weighted by Gasteiger charge is 2.20. The first-order valence-electron chi connectivity index (χ1n) is 4.71. The Morgan fingerprint density at radius 3 is 1.89 bits per heavy atom. The third-order valence-electron chi connectivity index (χ3n) is 1.58. The zero-order chi connectivity index (χ0) is 14.3. The van der Waals surface area contributed by atoms with Gasteiger partial charge in [0.2, 0.25) is 0 Å². The number of hydrogen-bond acceptors (Lipinski definition) is 7. The van der Waals surface area contributed by atoms with Crippen molar-refractivity contribution in [3.63, 3.8) is 0 Å². The van der Waals surface area contributed by atoms with Crippen molar-refractivity contribution in [3.8, 4) is 0 Å². The molecule has 0 bridgehead atoms. The Bertz CT molecular complexity index is 355. The minimum Gasteiger partial charge on any atom is -0.456 e. The van der Waals surface area contributed by atoms with Gasteiger partial charge in [-0.15, -0.1) is 0 Å². The first-order valence-corrected chi connectivity index (χ1v) is 5.47. The molecule has 2 atom stereocenters. The number of ether oxygens (including phenoxy) is 1. The van der Waals surface area contributed by atoms with Gasteiger partial charge in [0.05, 0.1) is 0 Å². The van der Waals surface area contributed by atoms with Gasteiger partial charge >= 0.3 is 22.4 Å². The lowest BCUT2D eigenvalue weighted by atomic mass is 10.2. The van der Waals surface area contributed by atoms with Crippen LogP contribution in [0.3, 0.4) is 0 Å². The van der Waals surface area contributed by atoms with Crippen LogP contribution in [0.4, 0.5) is 0 Å². The molecule has 0 saturated carbocycles. The van der Waals surface area contributed by atoms with Crippen LogP contribution >= 0.6 is 23.2 Å². The molecule has 2 unspecified atom stereocenters. The van der Waals surface area contributed by atoms with E-state index in [1.807, 2.05) is 0 Å². The summed E-state index contributed by atoms with van der Waals surface area (Å²) in [6, 6.07) is 0. The van der Waals surface area contributed by atoms with Crippen LogP contribution in [-0.2, 0) is 33.7 Å². The third-order valence-corrected chi connectivity index (χ3v) is 1.89. The summed E-state index contributed by atoms with van der Waals surface area (Å²) in [6.45, 7) is 2.96. The van der Waals surface area contributed by atoms with Gasteiger partial charge in [-0.3, -0.25) is 14.5 Å². The first kappa shape index (κ1) is 16.8. The Hall–Kier alpha value is -1.18. The Morgan fingerprint density at radius 2 is 1.44 bits per heavy atom. The van der Waals surface area contributed by atoms with Crippen LogP contribution in [0.5, 0.6) is 0 Å². The van der Waals surface area contributed by atoms with Crippen molar-refractivity contribution >= 4 is 45.6 Å². The number of hydrogen-bond donors (Lipinski definition) is 0. The molecule has 0 radical (unpaired) electrons. The summed E-state index contributed by atoms with van der Waals surface area (Å²) in [4.78, 5) is 50.7. The molecule has 0 aliphatic heterocycles. The zero-order valence-electron chi connectivity index (χ0n) is 9.48. The minimum atomic E-state index is -1.36. The molecule has 9 heteroatoms. The summed E-state index contributed by atoms with van der Waals surface area (Å²) in [5.74, 6) is -2.55. The van der Waals surface area contributed by atoms with Gasteiger partial charge in [-0.2, -0.15) is 4.89 Å². The lowest BCUT2D eigenvalue weighted by Gasteiger charge is -2.15. The fourth-order valence-electron chi connectivity index (χ4n) is 0.942. The number of carbonyl (C=O) groups excluding carboxylic acids is 4. The molecule has 102 valence electrons. The van der Waals surface area contributed by atoms with E-state index in [1.165, 1.54) is 13.8 Å². The van der Waals surface area contributed by atoms with Gasteiger partial charge in [-0.25, -0.2) is 9.59 Å². The number of carbonyl (C=O) groups is 4. The molecule has 0 saturated heterocycles. The SMILES string of the molecule is CC(CC(C)OC(=O)C(=O)Cl)OOC(=O)C(=O)Cl. The largest absolute Gasteiger partial charge is 0.456 e. The molecular weight excluding hydrogens is 291 g/mol. The Morgan fingerprint density at radius 1 is 0.944 bits per heavy atom. The maximum absolute atomic E-state index is 10.8. The van der Waals surface area contributed by atoms with Crippen molar-refractivity contribution in [3.05, 3.63) is 0 Å². The van der Waals surface area contributed by atoms with Crippen molar-refractivity contribution in [2.75, 3.05) is 0 Å². The van der Waals surface area contributed by atoms with E-state index in [-0.39, 0.29) is 6.42 Å². The molecule has 0 aliphatic rings. The predicted molar refractivity (Wildman–Crippen MR) is 58.5 cm³/mol. The molecule has 0 aromatic heterocycles. The topological polar surface area (TPSA) is 96.0 Å². The summed E-state index contributed by atoms with van der Waals surface area (Å²) in [6.07, 6.45) is -1.27. The second-order valence-electron chi connectivity index (χ2n) is 3.28. The van der Waals surface area contributed by atoms with Gasteiger partial charge in [-0.1, -0.05) is 0 Å². The van der Waals surface area contributed by atoms with E-state index >= 15 is 0 Å². The van der Waals surface area contributed by atoms with Gasteiger partial charge < -0.3 is 4.74 Å². The molecule has 0 aliphatic carbocycles. The Labute approximate surface area is 112 Å². The molecule has 0 heterocycles. The molecule has 0 amide bonds. The zero-order valence-corrected chi connectivity index (χ0v) is 11.0. The van der Waals surface area contributed by atoms with E-state index in [0.29, 0.717) is 0 Å². The average molecular weight is 301 g/mol. The molecule has 0 rings (SSSR count). The van der Waals surface area contributed by atoms with Gasteiger partial charge in [0.15, 0.2) is 0 Å². The summed E-state index contributed by atoms with van der Waals surface area (Å²) in [5, 5.41) is -2.57. The molecule has 0 aromatic rings. The van der Waals surface area contributed by atoms with Crippen LogP contribution in [0.1, 0.15) is 20.3 Å². The molecule has 0 N–H and O–H groups in total. The molecular formula is C9H10Cl2O7.